The molecule has 0 saturated heterocycles. The number of carbonyl (C=O) groups excluding carboxylic acids is 1. The number of alkyl halides is 3. The van der Waals surface area contributed by atoms with Crippen molar-refractivity contribution in [3.63, 3.8) is 0 Å². The zero-order valence-corrected chi connectivity index (χ0v) is 9.38. The first-order valence-corrected chi connectivity index (χ1v) is 4.75. The van der Waals surface area contributed by atoms with E-state index >= 15 is 0 Å². The Labute approximate surface area is 95.8 Å². The number of nitrogens with one attached hydrogen (secondary N) is 1. The Morgan fingerprint density at radius 2 is 2.18 bits per heavy atom. The molecular formula is C9H13F3N4O. The summed E-state index contributed by atoms with van der Waals surface area (Å²) in [6, 6.07) is 0. The van der Waals surface area contributed by atoms with Gasteiger partial charge in [0, 0.05) is 19.4 Å². The van der Waals surface area contributed by atoms with Crippen molar-refractivity contribution in [2.75, 3.05) is 7.05 Å². The van der Waals surface area contributed by atoms with Crippen LogP contribution in [0.5, 0.6) is 0 Å². The minimum absolute atomic E-state index is 0.0608. The summed E-state index contributed by atoms with van der Waals surface area (Å²) >= 11 is 0. The van der Waals surface area contributed by atoms with Gasteiger partial charge in [-0.1, -0.05) is 0 Å². The van der Waals surface area contributed by atoms with Crippen LogP contribution in [0.15, 0.2) is 12.4 Å². The number of imidazole rings is 1. The number of hydrogen-bond acceptors (Lipinski definition) is 3. The van der Waals surface area contributed by atoms with Gasteiger partial charge in [-0.05, 0) is 6.92 Å². The Kier molecular flexibility index (Phi) is 3.46. The standard InChI is InChI=1S/C9H13F3N4O/c1-8(13,9(10,11)12)7(17)16(2)5-6-14-3-4-15-6/h3-4H,5,13H2,1-2H3,(H,14,15). The van der Waals surface area contributed by atoms with E-state index in [1.54, 1.807) is 0 Å². The molecule has 0 aromatic carbocycles. The van der Waals surface area contributed by atoms with E-state index in [1.165, 1.54) is 19.4 Å². The highest BCUT2D eigenvalue weighted by Gasteiger charge is 2.54. The number of hydrogen-bond donors (Lipinski definition) is 2. The molecule has 8 heteroatoms. The van der Waals surface area contributed by atoms with Crippen LogP contribution in [0.3, 0.4) is 0 Å². The highest BCUT2D eigenvalue weighted by Crippen LogP contribution is 2.29. The number of carbonyl (C=O) groups is 1. The zero-order chi connectivity index (χ0) is 13.3. The van der Waals surface area contributed by atoms with Crippen molar-refractivity contribution >= 4 is 5.91 Å². The molecule has 0 aliphatic rings. The fourth-order valence-electron chi connectivity index (χ4n) is 1.20. The Hall–Kier alpha value is -1.57. The summed E-state index contributed by atoms with van der Waals surface area (Å²) in [6.07, 6.45) is -1.83. The van der Waals surface area contributed by atoms with Crippen LogP contribution in [0.2, 0.25) is 0 Å². The maximum atomic E-state index is 12.5. The second kappa shape index (κ2) is 4.36. The molecule has 1 rings (SSSR count). The van der Waals surface area contributed by atoms with Crippen molar-refractivity contribution in [1.29, 1.82) is 0 Å². The molecule has 17 heavy (non-hydrogen) atoms. The molecule has 3 N–H and O–H groups in total. The molecule has 1 aromatic heterocycles. The van der Waals surface area contributed by atoms with E-state index in [4.69, 9.17) is 5.73 Å². The molecule has 0 fully saturated rings. The van der Waals surface area contributed by atoms with Crippen LogP contribution in [0.4, 0.5) is 13.2 Å². The van der Waals surface area contributed by atoms with Crippen LogP contribution < -0.4 is 5.73 Å². The first kappa shape index (κ1) is 13.5. The van der Waals surface area contributed by atoms with Gasteiger partial charge >= 0.3 is 6.18 Å². The van der Waals surface area contributed by atoms with Gasteiger partial charge in [0.25, 0.3) is 5.91 Å². The molecule has 96 valence electrons. The topological polar surface area (TPSA) is 75.0 Å². The van der Waals surface area contributed by atoms with Crippen LogP contribution in [0.25, 0.3) is 0 Å². The second-order valence-electron chi connectivity index (χ2n) is 3.90. The van der Waals surface area contributed by atoms with E-state index in [1.807, 2.05) is 0 Å². The summed E-state index contributed by atoms with van der Waals surface area (Å²) in [4.78, 5) is 19.0. The highest BCUT2D eigenvalue weighted by molar-refractivity contribution is 5.86. The second-order valence-corrected chi connectivity index (χ2v) is 3.90. The maximum absolute atomic E-state index is 12.5. The number of likely N-dealkylation sites (N-methyl/N-ethyl adjacent to an activating group) is 1. The van der Waals surface area contributed by atoms with Gasteiger partial charge in [0.15, 0.2) is 5.54 Å². The third-order valence-corrected chi connectivity index (χ3v) is 2.32. The fraction of sp³-hybridized carbons (Fsp3) is 0.556. The third-order valence-electron chi connectivity index (χ3n) is 2.32. The van der Waals surface area contributed by atoms with Crippen molar-refractivity contribution in [3.05, 3.63) is 18.2 Å². The number of nitrogens with two attached hydrogens (primary N) is 1. The number of nitrogens with zero attached hydrogens (tertiary/aromatic N) is 2. The van der Waals surface area contributed by atoms with Gasteiger partial charge in [-0.25, -0.2) is 4.98 Å². The average Bonchev–Trinajstić information content (AvgIpc) is 2.67. The van der Waals surface area contributed by atoms with Crippen LogP contribution in [-0.4, -0.2) is 39.5 Å². The number of H-pyrrole nitrogens is 1. The monoisotopic (exact) mass is 250 g/mol. The lowest BCUT2D eigenvalue weighted by Crippen LogP contribution is -2.61. The van der Waals surface area contributed by atoms with Crippen molar-refractivity contribution < 1.29 is 18.0 Å². The molecule has 0 bridgehead atoms. The number of halogens is 3. The molecule has 1 unspecified atom stereocenters. The molecule has 0 spiro atoms. The molecule has 0 aliphatic heterocycles. The van der Waals surface area contributed by atoms with E-state index < -0.39 is 17.6 Å². The Morgan fingerprint density at radius 3 is 2.59 bits per heavy atom. The minimum atomic E-state index is -4.79. The molecular weight excluding hydrogens is 237 g/mol. The summed E-state index contributed by atoms with van der Waals surface area (Å²) in [5.74, 6) is -0.819. The fourth-order valence-corrected chi connectivity index (χ4v) is 1.20. The normalized spacial score (nSPS) is 15.4. The molecule has 1 amide bonds. The van der Waals surface area contributed by atoms with Gasteiger partial charge in [-0.2, -0.15) is 13.2 Å². The van der Waals surface area contributed by atoms with Crippen molar-refractivity contribution in [1.82, 2.24) is 14.9 Å². The highest BCUT2D eigenvalue weighted by atomic mass is 19.4. The lowest BCUT2D eigenvalue weighted by molar-refractivity contribution is -0.193. The summed E-state index contributed by atoms with van der Waals surface area (Å²) in [5.41, 5.74) is 2.13. The smallest absolute Gasteiger partial charge is 0.347 e. The summed E-state index contributed by atoms with van der Waals surface area (Å²) in [7, 11) is 1.24. The van der Waals surface area contributed by atoms with Crippen LogP contribution in [0.1, 0.15) is 12.7 Å². The predicted octanol–water partition coefficient (Wildman–Crippen LogP) is 0.648. The molecule has 0 saturated carbocycles. The maximum Gasteiger partial charge on any atom is 0.415 e. The number of aromatic amines is 1. The third kappa shape index (κ3) is 2.76. The van der Waals surface area contributed by atoms with Crippen molar-refractivity contribution in [2.24, 2.45) is 5.73 Å². The van der Waals surface area contributed by atoms with Crippen molar-refractivity contribution in [3.8, 4) is 0 Å². The average molecular weight is 250 g/mol. The summed E-state index contributed by atoms with van der Waals surface area (Å²) in [5, 5.41) is 0. The predicted molar refractivity (Wildman–Crippen MR) is 53.7 cm³/mol. The first-order chi connectivity index (χ1) is 7.66. The number of rotatable bonds is 3. The number of aromatic nitrogens is 2. The minimum Gasteiger partial charge on any atom is -0.347 e. The van der Waals surface area contributed by atoms with E-state index in [9.17, 15) is 18.0 Å². The van der Waals surface area contributed by atoms with Crippen LogP contribution in [0, 0.1) is 0 Å². The van der Waals surface area contributed by atoms with Crippen LogP contribution in [-0.2, 0) is 11.3 Å². The quantitative estimate of drug-likeness (QED) is 0.827. The molecule has 1 aromatic rings. The zero-order valence-electron chi connectivity index (χ0n) is 9.38. The first-order valence-electron chi connectivity index (χ1n) is 4.75. The lowest BCUT2D eigenvalue weighted by Gasteiger charge is -2.30. The van der Waals surface area contributed by atoms with Gasteiger partial charge in [-0.15, -0.1) is 0 Å². The van der Waals surface area contributed by atoms with E-state index in [0.29, 0.717) is 12.7 Å². The Balaban J connectivity index is 2.76. The molecule has 1 atom stereocenters. The van der Waals surface area contributed by atoms with E-state index in [2.05, 4.69) is 9.97 Å². The van der Waals surface area contributed by atoms with Crippen LogP contribution >= 0.6 is 0 Å². The lowest BCUT2D eigenvalue weighted by atomic mass is 10.0. The van der Waals surface area contributed by atoms with Gasteiger partial charge in [-0.3, -0.25) is 4.79 Å². The Morgan fingerprint density at radius 1 is 1.59 bits per heavy atom. The molecule has 0 aliphatic carbocycles. The summed E-state index contributed by atoms with van der Waals surface area (Å²) < 4.78 is 37.6. The van der Waals surface area contributed by atoms with Gasteiger partial charge in [0.2, 0.25) is 0 Å². The van der Waals surface area contributed by atoms with Crippen molar-refractivity contribution in [2.45, 2.75) is 25.2 Å². The molecule has 5 nitrogen and oxygen atoms in total. The SMILES string of the molecule is CN(Cc1ncc[nH]1)C(=O)C(C)(N)C(F)(F)F. The van der Waals surface area contributed by atoms with E-state index in [0.717, 1.165) is 4.90 Å². The Bertz CT molecular complexity index is 385. The van der Waals surface area contributed by atoms with Gasteiger partial charge < -0.3 is 15.6 Å². The molecule has 0 radical (unpaired) electrons. The van der Waals surface area contributed by atoms with Gasteiger partial charge in [0.05, 0.1) is 6.54 Å². The summed E-state index contributed by atoms with van der Waals surface area (Å²) in [6.45, 7) is 0.586. The molecule has 1 heterocycles. The van der Waals surface area contributed by atoms with Gasteiger partial charge in [0.1, 0.15) is 5.82 Å². The largest absolute Gasteiger partial charge is 0.415 e. The number of amides is 1. The van der Waals surface area contributed by atoms with E-state index in [-0.39, 0.29) is 6.54 Å².